The van der Waals surface area contributed by atoms with Crippen molar-refractivity contribution in [2.75, 3.05) is 25.1 Å². The van der Waals surface area contributed by atoms with Crippen molar-refractivity contribution in [3.63, 3.8) is 0 Å². The van der Waals surface area contributed by atoms with Crippen molar-refractivity contribution in [2.24, 2.45) is 16.6 Å². The fourth-order valence-electron chi connectivity index (χ4n) is 4.20. The van der Waals surface area contributed by atoms with E-state index in [1.54, 1.807) is 23.1 Å². The van der Waals surface area contributed by atoms with Gasteiger partial charge in [-0.3, -0.25) is 9.59 Å². The number of benzene rings is 1. The SMILES string of the molecule is COC(=O)C1CC2(CC(=O)N(c3cccc(Cl)c3)C2)CN1C(=O)[C@@H](N)C(C)(C)C. The average molecular weight is 422 g/mol. The summed E-state index contributed by atoms with van der Waals surface area (Å²) in [7, 11) is 1.30. The average Bonchev–Trinajstić information content (AvgIpc) is 3.18. The van der Waals surface area contributed by atoms with Gasteiger partial charge >= 0.3 is 5.97 Å². The number of amides is 2. The molecule has 0 aromatic heterocycles. The first-order valence-electron chi connectivity index (χ1n) is 9.67. The van der Waals surface area contributed by atoms with E-state index in [1.807, 2.05) is 26.8 Å². The van der Waals surface area contributed by atoms with Crippen LogP contribution in [0.3, 0.4) is 0 Å². The molecule has 2 N–H and O–H groups in total. The van der Waals surface area contributed by atoms with Crippen LogP contribution in [0.1, 0.15) is 33.6 Å². The highest BCUT2D eigenvalue weighted by molar-refractivity contribution is 6.30. The van der Waals surface area contributed by atoms with Gasteiger partial charge in [0.25, 0.3) is 0 Å². The molecule has 29 heavy (non-hydrogen) atoms. The molecule has 0 aliphatic carbocycles. The van der Waals surface area contributed by atoms with Crippen LogP contribution in [0.4, 0.5) is 5.69 Å². The molecule has 3 atom stereocenters. The molecule has 2 heterocycles. The molecule has 7 nitrogen and oxygen atoms in total. The van der Waals surface area contributed by atoms with Crippen LogP contribution in [-0.2, 0) is 19.1 Å². The second-order valence-corrected chi connectivity index (χ2v) is 9.63. The Morgan fingerprint density at radius 3 is 2.59 bits per heavy atom. The van der Waals surface area contributed by atoms with Crippen LogP contribution in [0, 0.1) is 10.8 Å². The van der Waals surface area contributed by atoms with Crippen LogP contribution in [-0.4, -0.2) is 55.0 Å². The molecule has 2 aliphatic heterocycles. The summed E-state index contributed by atoms with van der Waals surface area (Å²) >= 11 is 6.08. The molecule has 1 spiro atoms. The van der Waals surface area contributed by atoms with Gasteiger partial charge in [-0.15, -0.1) is 0 Å². The number of hydrogen-bond donors (Lipinski definition) is 1. The maximum atomic E-state index is 13.1. The quantitative estimate of drug-likeness (QED) is 0.755. The number of anilines is 1. The molecule has 1 aromatic rings. The third kappa shape index (κ3) is 4.12. The van der Waals surface area contributed by atoms with E-state index in [2.05, 4.69) is 0 Å². The minimum atomic E-state index is -0.758. The zero-order chi connectivity index (χ0) is 21.6. The van der Waals surface area contributed by atoms with Gasteiger partial charge in [-0.2, -0.15) is 0 Å². The minimum absolute atomic E-state index is 0.0506. The fraction of sp³-hybridized carbons (Fsp3) is 0.571. The van der Waals surface area contributed by atoms with Crippen LogP contribution in [0.5, 0.6) is 0 Å². The van der Waals surface area contributed by atoms with Gasteiger partial charge in [0.15, 0.2) is 0 Å². The maximum absolute atomic E-state index is 13.1. The molecule has 2 fully saturated rings. The van der Waals surface area contributed by atoms with Crippen molar-refractivity contribution >= 4 is 35.1 Å². The molecular weight excluding hydrogens is 394 g/mol. The number of rotatable bonds is 3. The van der Waals surface area contributed by atoms with E-state index in [0.717, 1.165) is 0 Å². The summed E-state index contributed by atoms with van der Waals surface area (Å²) in [5.74, 6) is -0.825. The van der Waals surface area contributed by atoms with E-state index < -0.39 is 28.9 Å². The molecule has 0 bridgehead atoms. The Bertz CT molecular complexity index is 837. The summed E-state index contributed by atoms with van der Waals surface area (Å²) in [6.45, 7) is 6.35. The number of ether oxygens (including phenoxy) is 1. The van der Waals surface area contributed by atoms with Gasteiger partial charge in [-0.05, 0) is 30.0 Å². The normalized spacial score (nSPS) is 25.6. The summed E-state index contributed by atoms with van der Waals surface area (Å²) < 4.78 is 4.95. The molecule has 2 amide bonds. The Balaban J connectivity index is 1.88. The number of carbonyl (C=O) groups is 3. The van der Waals surface area contributed by atoms with Gasteiger partial charge in [0.05, 0.1) is 13.2 Å². The number of esters is 1. The number of likely N-dealkylation sites (tertiary alicyclic amines) is 1. The number of carbonyl (C=O) groups excluding carboxylic acids is 3. The van der Waals surface area contributed by atoms with Gasteiger partial charge in [0, 0.05) is 35.6 Å². The number of methoxy groups -OCH3 is 1. The Hall–Kier alpha value is -2.12. The van der Waals surface area contributed by atoms with E-state index in [-0.39, 0.29) is 24.8 Å². The third-order valence-electron chi connectivity index (χ3n) is 5.90. The lowest BCUT2D eigenvalue weighted by molar-refractivity contribution is -0.152. The highest BCUT2D eigenvalue weighted by Crippen LogP contribution is 2.45. The summed E-state index contributed by atoms with van der Waals surface area (Å²) in [6.07, 6.45) is 0.618. The van der Waals surface area contributed by atoms with Crippen LogP contribution in [0.15, 0.2) is 24.3 Å². The Morgan fingerprint density at radius 1 is 1.31 bits per heavy atom. The lowest BCUT2D eigenvalue weighted by Crippen LogP contribution is -2.53. The van der Waals surface area contributed by atoms with Gasteiger partial charge in [0.2, 0.25) is 11.8 Å². The molecule has 0 saturated carbocycles. The first kappa shape index (κ1) is 21.6. The zero-order valence-electron chi connectivity index (χ0n) is 17.3. The zero-order valence-corrected chi connectivity index (χ0v) is 18.0. The molecule has 0 radical (unpaired) electrons. The van der Waals surface area contributed by atoms with Crippen molar-refractivity contribution in [3.05, 3.63) is 29.3 Å². The van der Waals surface area contributed by atoms with Crippen LogP contribution >= 0.6 is 11.6 Å². The highest BCUT2D eigenvalue weighted by atomic mass is 35.5. The second kappa shape index (κ2) is 7.61. The lowest BCUT2D eigenvalue weighted by Gasteiger charge is -2.32. The van der Waals surface area contributed by atoms with Crippen molar-refractivity contribution in [1.29, 1.82) is 0 Å². The first-order chi connectivity index (χ1) is 13.5. The van der Waals surface area contributed by atoms with Gasteiger partial charge in [0.1, 0.15) is 6.04 Å². The van der Waals surface area contributed by atoms with Crippen LogP contribution in [0.25, 0.3) is 0 Å². The monoisotopic (exact) mass is 421 g/mol. The molecular formula is C21H28ClN3O4. The maximum Gasteiger partial charge on any atom is 0.328 e. The van der Waals surface area contributed by atoms with E-state index in [9.17, 15) is 14.4 Å². The van der Waals surface area contributed by atoms with Crippen LogP contribution < -0.4 is 10.6 Å². The largest absolute Gasteiger partial charge is 0.467 e. The molecule has 2 aliphatic rings. The van der Waals surface area contributed by atoms with E-state index in [4.69, 9.17) is 22.1 Å². The number of nitrogens with two attached hydrogens (primary N) is 1. The minimum Gasteiger partial charge on any atom is -0.467 e. The molecule has 2 saturated heterocycles. The van der Waals surface area contributed by atoms with Crippen molar-refractivity contribution in [2.45, 2.75) is 45.7 Å². The predicted octanol–water partition coefficient (Wildman–Crippen LogP) is 2.21. The summed E-state index contributed by atoms with van der Waals surface area (Å²) in [5.41, 5.74) is 5.93. The van der Waals surface area contributed by atoms with Crippen molar-refractivity contribution < 1.29 is 19.1 Å². The number of hydrogen-bond acceptors (Lipinski definition) is 5. The second-order valence-electron chi connectivity index (χ2n) is 9.19. The summed E-state index contributed by atoms with van der Waals surface area (Å²) in [6, 6.07) is 5.61. The van der Waals surface area contributed by atoms with E-state index in [1.165, 1.54) is 12.0 Å². The van der Waals surface area contributed by atoms with Crippen LogP contribution in [0.2, 0.25) is 5.02 Å². The Kier molecular flexibility index (Phi) is 5.66. The molecule has 1 aromatic carbocycles. The summed E-state index contributed by atoms with van der Waals surface area (Å²) in [5, 5.41) is 0.545. The first-order valence-corrected chi connectivity index (χ1v) is 10.0. The molecule has 158 valence electrons. The molecule has 3 rings (SSSR count). The van der Waals surface area contributed by atoms with Crippen molar-refractivity contribution in [3.8, 4) is 0 Å². The number of nitrogens with zero attached hydrogens (tertiary/aromatic N) is 2. The van der Waals surface area contributed by atoms with Gasteiger partial charge < -0.3 is 20.3 Å². The number of halogens is 1. The molecule has 2 unspecified atom stereocenters. The summed E-state index contributed by atoms with van der Waals surface area (Å²) in [4.78, 5) is 41.6. The van der Waals surface area contributed by atoms with E-state index in [0.29, 0.717) is 23.7 Å². The van der Waals surface area contributed by atoms with Crippen molar-refractivity contribution in [1.82, 2.24) is 4.90 Å². The lowest BCUT2D eigenvalue weighted by atomic mass is 9.84. The van der Waals surface area contributed by atoms with E-state index >= 15 is 0 Å². The molecule has 8 heteroatoms. The Morgan fingerprint density at radius 2 is 2.00 bits per heavy atom. The van der Waals surface area contributed by atoms with Gasteiger partial charge in [-0.1, -0.05) is 38.4 Å². The third-order valence-corrected chi connectivity index (χ3v) is 6.14. The topological polar surface area (TPSA) is 92.9 Å². The highest BCUT2D eigenvalue weighted by Gasteiger charge is 2.55. The van der Waals surface area contributed by atoms with Gasteiger partial charge in [-0.25, -0.2) is 4.79 Å². The smallest absolute Gasteiger partial charge is 0.328 e. The standard InChI is InChI=1S/C21H28ClN3O4/c1-20(2,3)17(23)18(27)25-12-21(9-15(25)19(28)29-4)10-16(26)24(11-21)14-7-5-6-13(22)8-14/h5-8,15,17H,9-12,23H2,1-4H3/t15?,17-,21?/m1/s1. The predicted molar refractivity (Wildman–Crippen MR) is 110 cm³/mol. The fourth-order valence-corrected chi connectivity index (χ4v) is 4.39. The Labute approximate surface area is 176 Å².